The molecule has 1 aliphatic carbocycles. The summed E-state index contributed by atoms with van der Waals surface area (Å²) >= 11 is 0. The molecule has 1 aromatic heterocycles. The highest BCUT2D eigenvalue weighted by Gasteiger charge is 2.45. The standard InChI is InChI=1S/C13H23N3O3S/c1-11(2)13(4-5-13)10-15-20(18,19)12-8-14-16(9-12)6-3-7-17/h8-9,11,15,17H,3-7,10H2,1-2H3. The molecule has 114 valence electrons. The van der Waals surface area contributed by atoms with E-state index in [4.69, 9.17) is 5.11 Å². The van der Waals surface area contributed by atoms with Crippen LogP contribution in [0, 0.1) is 11.3 Å². The van der Waals surface area contributed by atoms with Gasteiger partial charge in [-0.2, -0.15) is 5.10 Å². The molecule has 1 saturated carbocycles. The van der Waals surface area contributed by atoms with Crippen molar-refractivity contribution in [3.8, 4) is 0 Å². The highest BCUT2D eigenvalue weighted by Crippen LogP contribution is 2.51. The summed E-state index contributed by atoms with van der Waals surface area (Å²) in [6, 6.07) is 0. The normalized spacial score (nSPS) is 17.6. The highest BCUT2D eigenvalue weighted by molar-refractivity contribution is 7.89. The molecule has 0 saturated heterocycles. The Morgan fingerprint density at radius 1 is 1.50 bits per heavy atom. The van der Waals surface area contributed by atoms with Gasteiger partial charge in [0, 0.05) is 25.9 Å². The third-order valence-electron chi connectivity index (χ3n) is 4.20. The number of sulfonamides is 1. The Labute approximate surface area is 120 Å². The Kier molecular flexibility index (Phi) is 4.51. The van der Waals surface area contributed by atoms with Crippen molar-refractivity contribution >= 4 is 10.0 Å². The summed E-state index contributed by atoms with van der Waals surface area (Å²) in [4.78, 5) is 0.190. The number of hydrogen-bond acceptors (Lipinski definition) is 4. The van der Waals surface area contributed by atoms with Gasteiger partial charge in [0.05, 0.1) is 6.20 Å². The van der Waals surface area contributed by atoms with Crippen molar-refractivity contribution in [2.75, 3.05) is 13.2 Å². The largest absolute Gasteiger partial charge is 0.396 e. The van der Waals surface area contributed by atoms with E-state index >= 15 is 0 Å². The number of aromatic nitrogens is 2. The van der Waals surface area contributed by atoms with Crippen molar-refractivity contribution in [3.63, 3.8) is 0 Å². The minimum absolute atomic E-state index is 0.0666. The molecule has 0 aliphatic heterocycles. The first kappa shape index (κ1) is 15.5. The molecule has 0 spiro atoms. The molecule has 2 rings (SSSR count). The average molecular weight is 301 g/mol. The van der Waals surface area contributed by atoms with Crippen LogP contribution >= 0.6 is 0 Å². The minimum atomic E-state index is -3.49. The molecule has 1 heterocycles. The van der Waals surface area contributed by atoms with E-state index in [0.717, 1.165) is 12.8 Å². The van der Waals surface area contributed by atoms with Gasteiger partial charge in [-0.3, -0.25) is 4.68 Å². The molecule has 0 amide bonds. The Morgan fingerprint density at radius 3 is 2.75 bits per heavy atom. The number of aryl methyl sites for hydroxylation is 1. The fraction of sp³-hybridized carbons (Fsp3) is 0.769. The van der Waals surface area contributed by atoms with Gasteiger partial charge in [-0.25, -0.2) is 13.1 Å². The number of rotatable bonds is 8. The summed E-state index contributed by atoms with van der Waals surface area (Å²) < 4.78 is 28.6. The zero-order valence-electron chi connectivity index (χ0n) is 12.0. The van der Waals surface area contributed by atoms with Crippen LogP contribution in [0.25, 0.3) is 0 Å². The Hall–Kier alpha value is -0.920. The number of hydrogen-bond donors (Lipinski definition) is 2. The van der Waals surface area contributed by atoms with Crippen LogP contribution in [-0.2, 0) is 16.6 Å². The zero-order valence-corrected chi connectivity index (χ0v) is 12.9. The lowest BCUT2D eigenvalue weighted by atomic mass is 9.93. The molecule has 7 heteroatoms. The molecule has 0 atom stereocenters. The van der Waals surface area contributed by atoms with Gasteiger partial charge in [0.15, 0.2) is 0 Å². The van der Waals surface area contributed by atoms with E-state index < -0.39 is 10.0 Å². The van der Waals surface area contributed by atoms with Crippen LogP contribution in [0.4, 0.5) is 0 Å². The monoisotopic (exact) mass is 301 g/mol. The van der Waals surface area contributed by atoms with E-state index in [2.05, 4.69) is 23.7 Å². The van der Waals surface area contributed by atoms with Crippen LogP contribution < -0.4 is 4.72 Å². The molecule has 0 radical (unpaired) electrons. The Balaban J connectivity index is 1.98. The highest BCUT2D eigenvalue weighted by atomic mass is 32.2. The van der Waals surface area contributed by atoms with Crippen LogP contribution in [0.3, 0.4) is 0 Å². The first-order valence-electron chi connectivity index (χ1n) is 7.03. The summed E-state index contributed by atoms with van der Waals surface area (Å²) in [5.41, 5.74) is 0.139. The fourth-order valence-corrected chi connectivity index (χ4v) is 3.37. The second-order valence-corrected chi connectivity index (χ2v) is 7.62. The van der Waals surface area contributed by atoms with Crippen LogP contribution in [0.2, 0.25) is 0 Å². The van der Waals surface area contributed by atoms with Crippen molar-refractivity contribution in [2.45, 2.75) is 44.6 Å². The van der Waals surface area contributed by atoms with E-state index in [-0.39, 0.29) is 16.9 Å². The molecule has 1 fully saturated rings. The molecular weight excluding hydrogens is 278 g/mol. The lowest BCUT2D eigenvalue weighted by Crippen LogP contribution is -2.32. The lowest BCUT2D eigenvalue weighted by molar-refractivity contribution is 0.277. The van der Waals surface area contributed by atoms with E-state index in [0.29, 0.717) is 25.4 Å². The average Bonchev–Trinajstić information content (AvgIpc) is 3.05. The van der Waals surface area contributed by atoms with Gasteiger partial charge in [-0.15, -0.1) is 0 Å². The number of nitrogens with zero attached hydrogens (tertiary/aromatic N) is 2. The molecule has 1 aliphatic rings. The summed E-state index contributed by atoms with van der Waals surface area (Å²) in [6.07, 6.45) is 5.60. The van der Waals surface area contributed by atoms with E-state index in [1.807, 2.05) is 0 Å². The van der Waals surface area contributed by atoms with Crippen molar-refractivity contribution < 1.29 is 13.5 Å². The van der Waals surface area contributed by atoms with Gasteiger partial charge < -0.3 is 5.11 Å². The predicted molar refractivity (Wildman–Crippen MR) is 75.6 cm³/mol. The molecular formula is C13H23N3O3S. The quantitative estimate of drug-likeness (QED) is 0.749. The third-order valence-corrected chi connectivity index (χ3v) is 5.55. The summed E-state index contributed by atoms with van der Waals surface area (Å²) in [7, 11) is -3.49. The SMILES string of the molecule is CC(C)C1(CNS(=O)(=O)c2cnn(CCCO)c2)CC1. The number of aliphatic hydroxyl groups excluding tert-OH is 1. The first-order chi connectivity index (χ1) is 9.39. The van der Waals surface area contributed by atoms with Crippen LogP contribution in [-0.4, -0.2) is 36.5 Å². The van der Waals surface area contributed by atoms with Crippen LogP contribution in [0.15, 0.2) is 17.3 Å². The second-order valence-electron chi connectivity index (χ2n) is 5.86. The first-order valence-corrected chi connectivity index (χ1v) is 8.51. The van der Waals surface area contributed by atoms with Gasteiger partial charge in [-0.05, 0) is 30.6 Å². The summed E-state index contributed by atoms with van der Waals surface area (Å²) in [5, 5.41) is 12.8. The van der Waals surface area contributed by atoms with Gasteiger partial charge in [0.1, 0.15) is 4.90 Å². The number of aliphatic hydroxyl groups is 1. The molecule has 1 aromatic rings. The lowest BCUT2D eigenvalue weighted by Gasteiger charge is -2.19. The van der Waals surface area contributed by atoms with Crippen molar-refractivity contribution in [1.29, 1.82) is 0 Å². The topological polar surface area (TPSA) is 84.2 Å². The predicted octanol–water partition coefficient (Wildman–Crippen LogP) is 0.980. The van der Waals surface area contributed by atoms with Gasteiger partial charge >= 0.3 is 0 Å². The number of nitrogens with one attached hydrogen (secondary N) is 1. The molecule has 2 N–H and O–H groups in total. The maximum atomic E-state index is 12.2. The Morgan fingerprint density at radius 2 is 2.20 bits per heavy atom. The van der Waals surface area contributed by atoms with Crippen LogP contribution in [0.1, 0.15) is 33.1 Å². The third kappa shape index (κ3) is 3.39. The van der Waals surface area contributed by atoms with Gasteiger partial charge in [-0.1, -0.05) is 13.8 Å². The van der Waals surface area contributed by atoms with Crippen molar-refractivity contribution in [3.05, 3.63) is 12.4 Å². The molecule has 20 heavy (non-hydrogen) atoms. The Bertz CT molecular complexity index is 547. The summed E-state index contributed by atoms with van der Waals surface area (Å²) in [5.74, 6) is 0.484. The molecule has 6 nitrogen and oxygen atoms in total. The maximum Gasteiger partial charge on any atom is 0.243 e. The van der Waals surface area contributed by atoms with E-state index in [1.165, 1.54) is 12.4 Å². The van der Waals surface area contributed by atoms with Gasteiger partial charge in [0.25, 0.3) is 0 Å². The van der Waals surface area contributed by atoms with E-state index in [9.17, 15) is 8.42 Å². The van der Waals surface area contributed by atoms with E-state index in [1.54, 1.807) is 4.68 Å². The second kappa shape index (κ2) is 5.83. The summed E-state index contributed by atoms with van der Waals surface area (Å²) in [6.45, 7) is 5.34. The van der Waals surface area contributed by atoms with Gasteiger partial charge in [0.2, 0.25) is 10.0 Å². The van der Waals surface area contributed by atoms with Crippen molar-refractivity contribution in [2.24, 2.45) is 11.3 Å². The fourth-order valence-electron chi connectivity index (χ4n) is 2.28. The zero-order chi connectivity index (χ0) is 14.8. The van der Waals surface area contributed by atoms with Crippen molar-refractivity contribution in [1.82, 2.24) is 14.5 Å². The molecule has 0 unspecified atom stereocenters. The maximum absolute atomic E-state index is 12.2. The smallest absolute Gasteiger partial charge is 0.243 e. The molecule has 0 bridgehead atoms. The van der Waals surface area contributed by atoms with Crippen LogP contribution in [0.5, 0.6) is 0 Å². The minimum Gasteiger partial charge on any atom is -0.396 e. The molecule has 0 aromatic carbocycles.